The van der Waals surface area contributed by atoms with Crippen LogP contribution in [-0.2, 0) is 0 Å². The molecule has 0 fully saturated rings. The van der Waals surface area contributed by atoms with Crippen LogP contribution in [0.3, 0.4) is 0 Å². The SMILES string of the molecule is CCC(Nc1ccc2nnc(-c3ccccc3)n2n1)c1cccs1. The summed E-state index contributed by atoms with van der Waals surface area (Å²) < 4.78 is 1.79. The van der Waals surface area contributed by atoms with E-state index in [1.165, 1.54) is 4.88 Å². The van der Waals surface area contributed by atoms with Crippen LogP contribution in [0.1, 0.15) is 24.3 Å². The number of nitrogens with one attached hydrogen (secondary N) is 1. The number of fused-ring (bicyclic) bond motifs is 1. The molecule has 0 aliphatic rings. The molecule has 5 nitrogen and oxygen atoms in total. The Kier molecular flexibility index (Phi) is 3.96. The molecule has 1 atom stereocenters. The molecule has 0 amide bonds. The minimum atomic E-state index is 0.256. The van der Waals surface area contributed by atoms with Crippen LogP contribution < -0.4 is 5.32 Å². The van der Waals surface area contributed by atoms with Gasteiger partial charge in [-0.3, -0.25) is 0 Å². The molecule has 24 heavy (non-hydrogen) atoms. The van der Waals surface area contributed by atoms with Crippen LogP contribution in [0.15, 0.2) is 60.0 Å². The molecule has 4 rings (SSSR count). The van der Waals surface area contributed by atoms with E-state index in [1.54, 1.807) is 15.9 Å². The van der Waals surface area contributed by atoms with Gasteiger partial charge in [-0.15, -0.1) is 26.6 Å². The van der Waals surface area contributed by atoms with Crippen molar-refractivity contribution in [1.29, 1.82) is 0 Å². The standard InChI is InChI=1S/C18H17N5S/c1-2-14(15-9-6-12-24-15)19-16-10-11-17-20-21-18(23(17)22-16)13-7-4-3-5-8-13/h3-12,14H,2H2,1H3,(H,19,22). The molecule has 3 heterocycles. The van der Waals surface area contributed by atoms with Gasteiger partial charge in [0.1, 0.15) is 5.82 Å². The fourth-order valence-electron chi connectivity index (χ4n) is 2.68. The van der Waals surface area contributed by atoms with Crippen molar-refractivity contribution in [1.82, 2.24) is 19.8 Å². The first-order chi connectivity index (χ1) is 11.8. The number of rotatable bonds is 5. The van der Waals surface area contributed by atoms with Crippen molar-refractivity contribution in [3.05, 3.63) is 64.9 Å². The van der Waals surface area contributed by atoms with E-state index in [9.17, 15) is 0 Å². The summed E-state index contributed by atoms with van der Waals surface area (Å²) in [5, 5.41) is 18.8. The van der Waals surface area contributed by atoms with Gasteiger partial charge in [0.05, 0.1) is 6.04 Å². The van der Waals surface area contributed by atoms with Crippen LogP contribution in [0.5, 0.6) is 0 Å². The van der Waals surface area contributed by atoms with Crippen molar-refractivity contribution >= 4 is 22.8 Å². The van der Waals surface area contributed by atoms with Gasteiger partial charge in [-0.2, -0.15) is 4.52 Å². The lowest BCUT2D eigenvalue weighted by Gasteiger charge is -2.16. The van der Waals surface area contributed by atoms with Crippen molar-refractivity contribution in [2.24, 2.45) is 0 Å². The van der Waals surface area contributed by atoms with Gasteiger partial charge in [0.15, 0.2) is 11.5 Å². The van der Waals surface area contributed by atoms with Gasteiger partial charge >= 0.3 is 0 Å². The van der Waals surface area contributed by atoms with E-state index in [2.05, 4.69) is 40.0 Å². The average molecular weight is 335 g/mol. The Bertz CT molecular complexity index is 931. The highest BCUT2D eigenvalue weighted by atomic mass is 32.1. The summed E-state index contributed by atoms with van der Waals surface area (Å²) in [5.41, 5.74) is 1.74. The number of hydrogen-bond donors (Lipinski definition) is 1. The average Bonchev–Trinajstić information content (AvgIpc) is 3.30. The molecule has 6 heteroatoms. The van der Waals surface area contributed by atoms with Gasteiger partial charge in [-0.05, 0) is 30.0 Å². The minimum absolute atomic E-state index is 0.256. The first-order valence-corrected chi connectivity index (χ1v) is 8.81. The second-order valence-electron chi connectivity index (χ2n) is 5.50. The van der Waals surface area contributed by atoms with Gasteiger partial charge in [0, 0.05) is 10.4 Å². The Morgan fingerprint density at radius 2 is 1.92 bits per heavy atom. The maximum atomic E-state index is 4.69. The van der Waals surface area contributed by atoms with E-state index < -0.39 is 0 Å². The van der Waals surface area contributed by atoms with Gasteiger partial charge in [-0.25, -0.2) is 0 Å². The Morgan fingerprint density at radius 1 is 1.04 bits per heavy atom. The molecular formula is C18H17N5S. The van der Waals surface area contributed by atoms with Crippen LogP contribution in [0, 0.1) is 0 Å². The second-order valence-corrected chi connectivity index (χ2v) is 6.48. The molecule has 0 spiro atoms. The number of nitrogens with zero attached hydrogens (tertiary/aromatic N) is 4. The third-order valence-corrected chi connectivity index (χ3v) is 4.90. The third kappa shape index (κ3) is 2.76. The number of benzene rings is 1. The minimum Gasteiger partial charge on any atom is -0.361 e. The molecule has 120 valence electrons. The second kappa shape index (κ2) is 6.41. The van der Waals surface area contributed by atoms with Crippen LogP contribution in [0.2, 0.25) is 0 Å². The van der Waals surface area contributed by atoms with Gasteiger partial charge in [0.25, 0.3) is 0 Å². The van der Waals surface area contributed by atoms with Gasteiger partial charge in [0.2, 0.25) is 0 Å². The molecule has 0 radical (unpaired) electrons. The zero-order chi connectivity index (χ0) is 16.4. The summed E-state index contributed by atoms with van der Waals surface area (Å²) in [4.78, 5) is 1.31. The van der Waals surface area contributed by atoms with E-state index >= 15 is 0 Å². The highest BCUT2D eigenvalue weighted by Crippen LogP contribution is 2.26. The maximum absolute atomic E-state index is 4.69. The number of aromatic nitrogens is 4. The summed E-state index contributed by atoms with van der Waals surface area (Å²) in [6.45, 7) is 2.17. The lowest BCUT2D eigenvalue weighted by Crippen LogP contribution is -2.10. The van der Waals surface area contributed by atoms with Crippen molar-refractivity contribution in [2.75, 3.05) is 5.32 Å². The first kappa shape index (κ1) is 14.8. The Balaban J connectivity index is 1.70. The lowest BCUT2D eigenvalue weighted by atomic mass is 10.2. The van der Waals surface area contributed by atoms with Gasteiger partial charge < -0.3 is 5.32 Å². The normalized spacial score (nSPS) is 12.4. The molecular weight excluding hydrogens is 318 g/mol. The summed E-state index contributed by atoms with van der Waals surface area (Å²) in [6, 6.07) is 18.4. The fraction of sp³-hybridized carbons (Fsp3) is 0.167. The number of hydrogen-bond acceptors (Lipinski definition) is 5. The van der Waals surface area contributed by atoms with Crippen LogP contribution in [0.4, 0.5) is 5.82 Å². The smallest absolute Gasteiger partial charge is 0.185 e. The third-order valence-electron chi connectivity index (χ3n) is 3.91. The zero-order valence-electron chi connectivity index (χ0n) is 13.3. The molecule has 0 bridgehead atoms. The van der Waals surface area contributed by atoms with E-state index in [1.807, 2.05) is 42.5 Å². The Morgan fingerprint density at radius 3 is 2.67 bits per heavy atom. The molecule has 1 aromatic carbocycles. The lowest BCUT2D eigenvalue weighted by molar-refractivity contribution is 0.751. The van der Waals surface area contributed by atoms with Crippen molar-refractivity contribution < 1.29 is 0 Å². The zero-order valence-corrected chi connectivity index (χ0v) is 14.1. The van der Waals surface area contributed by atoms with Crippen LogP contribution in [-0.4, -0.2) is 19.8 Å². The molecule has 0 saturated carbocycles. The predicted molar refractivity (Wildman–Crippen MR) is 97.2 cm³/mol. The molecule has 0 aliphatic carbocycles. The Hall–Kier alpha value is -2.73. The summed E-state index contributed by atoms with van der Waals surface area (Å²) in [7, 11) is 0. The van der Waals surface area contributed by atoms with E-state index in [-0.39, 0.29) is 6.04 Å². The predicted octanol–water partition coefficient (Wildman–Crippen LogP) is 4.42. The van der Waals surface area contributed by atoms with Gasteiger partial charge in [-0.1, -0.05) is 43.3 Å². The van der Waals surface area contributed by atoms with Crippen molar-refractivity contribution in [2.45, 2.75) is 19.4 Å². The largest absolute Gasteiger partial charge is 0.361 e. The molecule has 0 saturated heterocycles. The molecule has 3 aromatic heterocycles. The molecule has 1 unspecified atom stereocenters. The highest BCUT2D eigenvalue weighted by molar-refractivity contribution is 7.10. The number of anilines is 1. The summed E-state index contributed by atoms with van der Waals surface area (Å²) in [5.74, 6) is 1.57. The molecule has 1 N–H and O–H groups in total. The van der Waals surface area contributed by atoms with E-state index in [4.69, 9.17) is 5.10 Å². The topological polar surface area (TPSA) is 55.1 Å². The monoisotopic (exact) mass is 335 g/mol. The molecule has 0 aliphatic heterocycles. The number of thiophene rings is 1. The van der Waals surface area contributed by atoms with E-state index in [0.29, 0.717) is 0 Å². The van der Waals surface area contributed by atoms with Crippen LogP contribution >= 0.6 is 11.3 Å². The quantitative estimate of drug-likeness (QED) is 0.587. The summed E-state index contributed by atoms with van der Waals surface area (Å²) >= 11 is 1.76. The van der Waals surface area contributed by atoms with E-state index in [0.717, 1.165) is 29.3 Å². The molecule has 4 aromatic rings. The fourth-order valence-corrected chi connectivity index (χ4v) is 3.54. The highest BCUT2D eigenvalue weighted by Gasteiger charge is 2.13. The maximum Gasteiger partial charge on any atom is 0.185 e. The van der Waals surface area contributed by atoms with Crippen LogP contribution in [0.25, 0.3) is 17.0 Å². The first-order valence-electron chi connectivity index (χ1n) is 7.93. The van der Waals surface area contributed by atoms with Crippen molar-refractivity contribution in [3.8, 4) is 11.4 Å². The van der Waals surface area contributed by atoms with Crippen molar-refractivity contribution in [3.63, 3.8) is 0 Å². The summed E-state index contributed by atoms with van der Waals surface area (Å²) in [6.07, 6.45) is 0.994. The Labute approximate surface area is 144 Å².